The van der Waals surface area contributed by atoms with Crippen LogP contribution in [0, 0.1) is 0 Å². The Kier molecular flexibility index (Phi) is 3.69. The molecule has 2 aliphatic rings. The van der Waals surface area contributed by atoms with Crippen LogP contribution in [0.2, 0.25) is 0 Å². The zero-order chi connectivity index (χ0) is 16.0. The average Bonchev–Trinajstić information content (AvgIpc) is 3.10. The molecule has 1 aliphatic heterocycles. The van der Waals surface area contributed by atoms with Crippen molar-refractivity contribution in [2.75, 3.05) is 12.3 Å². The number of aryl methyl sites for hydroxylation is 2. The Hall–Kier alpha value is -1.73. The van der Waals surface area contributed by atoms with Crippen LogP contribution in [0.4, 0.5) is 5.82 Å². The number of anilines is 1. The van der Waals surface area contributed by atoms with Crippen molar-refractivity contribution in [3.8, 4) is 0 Å². The summed E-state index contributed by atoms with van der Waals surface area (Å²) < 4.78 is 0. The Morgan fingerprint density at radius 2 is 2.13 bits per heavy atom. The molecule has 6 nitrogen and oxygen atoms in total. The van der Waals surface area contributed by atoms with E-state index in [4.69, 9.17) is 10.7 Å². The molecular weight excluding hydrogens is 312 g/mol. The van der Waals surface area contributed by atoms with Gasteiger partial charge in [-0.3, -0.25) is 9.69 Å². The van der Waals surface area contributed by atoms with Crippen LogP contribution >= 0.6 is 11.3 Å². The molecule has 3 N–H and O–H groups in total. The van der Waals surface area contributed by atoms with E-state index in [1.165, 1.54) is 23.3 Å². The zero-order valence-corrected chi connectivity index (χ0v) is 13.7. The van der Waals surface area contributed by atoms with Crippen molar-refractivity contribution in [1.82, 2.24) is 14.9 Å². The molecule has 0 saturated carbocycles. The minimum atomic E-state index is -0.761. The fourth-order valence-electron chi connectivity index (χ4n) is 3.78. The number of hydrogen-bond donors (Lipinski definition) is 2. The fraction of sp³-hybridized carbons (Fsp3) is 0.562. The van der Waals surface area contributed by atoms with E-state index >= 15 is 0 Å². The van der Waals surface area contributed by atoms with Gasteiger partial charge >= 0.3 is 5.97 Å². The maximum Gasteiger partial charge on any atom is 0.320 e. The summed E-state index contributed by atoms with van der Waals surface area (Å²) in [6.07, 6.45) is 6.21. The highest BCUT2D eigenvalue weighted by Gasteiger charge is 2.31. The van der Waals surface area contributed by atoms with Crippen molar-refractivity contribution in [2.45, 2.75) is 51.1 Å². The van der Waals surface area contributed by atoms with Crippen LogP contribution in [0.1, 0.15) is 41.9 Å². The van der Waals surface area contributed by atoms with Crippen molar-refractivity contribution >= 4 is 33.3 Å². The van der Waals surface area contributed by atoms with Crippen molar-refractivity contribution in [3.05, 3.63) is 16.3 Å². The second kappa shape index (κ2) is 5.72. The van der Waals surface area contributed by atoms with Crippen molar-refractivity contribution < 1.29 is 9.90 Å². The predicted molar refractivity (Wildman–Crippen MR) is 89.5 cm³/mol. The maximum atomic E-state index is 11.3. The van der Waals surface area contributed by atoms with Gasteiger partial charge in [0.1, 0.15) is 22.5 Å². The van der Waals surface area contributed by atoms with Crippen LogP contribution < -0.4 is 5.73 Å². The van der Waals surface area contributed by atoms with E-state index in [1.54, 1.807) is 11.3 Å². The van der Waals surface area contributed by atoms with E-state index in [0.29, 0.717) is 24.6 Å². The summed E-state index contributed by atoms with van der Waals surface area (Å²) in [5.41, 5.74) is 7.55. The van der Waals surface area contributed by atoms with Crippen LogP contribution in [0.25, 0.3) is 10.2 Å². The van der Waals surface area contributed by atoms with Gasteiger partial charge < -0.3 is 10.8 Å². The SMILES string of the molecule is Nc1nc(CN2CCC[C@@H]2C(=O)O)nc2sc3c(c12)CCCC3. The molecule has 3 heterocycles. The number of nitrogens with two attached hydrogens (primary N) is 1. The number of aliphatic carboxylic acids is 1. The van der Waals surface area contributed by atoms with Crippen LogP contribution in [0.3, 0.4) is 0 Å². The van der Waals surface area contributed by atoms with Gasteiger partial charge in [0, 0.05) is 4.88 Å². The molecule has 4 rings (SSSR count). The third kappa shape index (κ3) is 2.57. The summed E-state index contributed by atoms with van der Waals surface area (Å²) in [6.45, 7) is 1.24. The first-order valence-electron chi connectivity index (χ1n) is 8.17. The van der Waals surface area contributed by atoms with Gasteiger partial charge in [-0.25, -0.2) is 9.97 Å². The first kappa shape index (κ1) is 14.8. The lowest BCUT2D eigenvalue weighted by Gasteiger charge is -2.20. The average molecular weight is 332 g/mol. The Balaban J connectivity index is 1.67. The lowest BCUT2D eigenvalue weighted by molar-refractivity contribution is -0.142. The summed E-state index contributed by atoms with van der Waals surface area (Å²) in [6, 6.07) is -0.424. The summed E-state index contributed by atoms with van der Waals surface area (Å²) in [4.78, 5) is 24.8. The summed E-state index contributed by atoms with van der Waals surface area (Å²) in [5, 5.41) is 10.3. The molecule has 1 atom stereocenters. The van der Waals surface area contributed by atoms with E-state index in [-0.39, 0.29) is 0 Å². The highest BCUT2D eigenvalue weighted by atomic mass is 32.1. The number of likely N-dealkylation sites (tertiary alicyclic amines) is 1. The normalized spacial score (nSPS) is 21.7. The molecule has 0 bridgehead atoms. The molecule has 1 fully saturated rings. The molecule has 1 aliphatic carbocycles. The van der Waals surface area contributed by atoms with Gasteiger partial charge in [0.15, 0.2) is 0 Å². The molecule has 7 heteroatoms. The number of nitrogens with zero attached hydrogens (tertiary/aromatic N) is 3. The molecular formula is C16H20N4O2S. The van der Waals surface area contributed by atoms with E-state index in [2.05, 4.69) is 4.98 Å². The number of aromatic nitrogens is 2. The predicted octanol–water partition coefficient (Wildman–Crippen LogP) is 2.20. The van der Waals surface area contributed by atoms with Gasteiger partial charge in [-0.05, 0) is 50.6 Å². The smallest absolute Gasteiger partial charge is 0.320 e. The fourth-order valence-corrected chi connectivity index (χ4v) is 5.07. The van der Waals surface area contributed by atoms with E-state index < -0.39 is 12.0 Å². The van der Waals surface area contributed by atoms with Gasteiger partial charge in [-0.15, -0.1) is 11.3 Å². The number of carbonyl (C=O) groups is 1. The van der Waals surface area contributed by atoms with Crippen LogP contribution in [0.5, 0.6) is 0 Å². The molecule has 0 aromatic carbocycles. The first-order chi connectivity index (χ1) is 11.1. The first-order valence-corrected chi connectivity index (χ1v) is 8.98. The number of carboxylic acid groups (broad SMARTS) is 1. The third-order valence-electron chi connectivity index (χ3n) is 4.88. The zero-order valence-electron chi connectivity index (χ0n) is 12.9. The number of thiophene rings is 1. The van der Waals surface area contributed by atoms with Gasteiger partial charge in [-0.1, -0.05) is 0 Å². The maximum absolute atomic E-state index is 11.3. The Morgan fingerprint density at radius 3 is 2.96 bits per heavy atom. The van der Waals surface area contributed by atoms with Crippen LogP contribution in [-0.4, -0.2) is 38.5 Å². The molecule has 122 valence electrons. The van der Waals surface area contributed by atoms with Crippen LogP contribution in [-0.2, 0) is 24.2 Å². The summed E-state index contributed by atoms with van der Waals surface area (Å²) >= 11 is 1.73. The highest BCUT2D eigenvalue weighted by molar-refractivity contribution is 7.19. The van der Waals surface area contributed by atoms with Gasteiger partial charge in [0.2, 0.25) is 0 Å². The molecule has 0 spiro atoms. The standard InChI is InChI=1S/C16H20N4O2S/c17-14-13-9-4-1-2-6-11(9)23-15(13)19-12(18-14)8-20-7-3-5-10(20)16(21)22/h10H,1-8H2,(H,21,22)(H2,17,18,19)/t10-/m1/s1. The Bertz CT molecular complexity index is 773. The Morgan fingerprint density at radius 1 is 1.30 bits per heavy atom. The van der Waals surface area contributed by atoms with Crippen molar-refractivity contribution in [1.29, 1.82) is 0 Å². The van der Waals surface area contributed by atoms with Gasteiger partial charge in [0.25, 0.3) is 0 Å². The molecule has 0 unspecified atom stereocenters. The van der Waals surface area contributed by atoms with E-state index in [0.717, 1.165) is 36.0 Å². The second-order valence-corrected chi connectivity index (χ2v) is 7.47. The monoisotopic (exact) mass is 332 g/mol. The lowest BCUT2D eigenvalue weighted by atomic mass is 9.97. The molecule has 23 heavy (non-hydrogen) atoms. The third-order valence-corrected chi connectivity index (χ3v) is 6.07. The molecule has 0 amide bonds. The van der Waals surface area contributed by atoms with Gasteiger partial charge in [0.05, 0.1) is 11.9 Å². The van der Waals surface area contributed by atoms with Crippen molar-refractivity contribution in [2.24, 2.45) is 0 Å². The minimum Gasteiger partial charge on any atom is -0.480 e. The van der Waals surface area contributed by atoms with E-state index in [9.17, 15) is 9.90 Å². The molecule has 2 aromatic rings. The Labute approximate surface area is 138 Å². The lowest BCUT2D eigenvalue weighted by Crippen LogP contribution is -2.35. The van der Waals surface area contributed by atoms with Gasteiger partial charge in [-0.2, -0.15) is 0 Å². The molecule has 0 radical (unpaired) electrons. The van der Waals surface area contributed by atoms with Crippen molar-refractivity contribution in [3.63, 3.8) is 0 Å². The second-order valence-electron chi connectivity index (χ2n) is 6.38. The summed E-state index contributed by atoms with van der Waals surface area (Å²) in [7, 11) is 0. The molecule has 1 saturated heterocycles. The largest absolute Gasteiger partial charge is 0.480 e. The highest BCUT2D eigenvalue weighted by Crippen LogP contribution is 2.37. The number of fused-ring (bicyclic) bond motifs is 3. The number of hydrogen-bond acceptors (Lipinski definition) is 6. The van der Waals surface area contributed by atoms with Crippen LogP contribution in [0.15, 0.2) is 0 Å². The number of nitrogen functional groups attached to an aromatic ring is 1. The number of rotatable bonds is 3. The topological polar surface area (TPSA) is 92.3 Å². The molecule has 2 aromatic heterocycles. The summed E-state index contributed by atoms with van der Waals surface area (Å²) in [5.74, 6) is 0.431. The van der Waals surface area contributed by atoms with E-state index in [1.807, 2.05) is 4.90 Å². The minimum absolute atomic E-state index is 0.424. The quantitative estimate of drug-likeness (QED) is 0.895. The number of carboxylic acids is 1.